The zero-order valence-electron chi connectivity index (χ0n) is 10.5. The normalized spacial score (nSPS) is 39.3. The van der Waals surface area contributed by atoms with Crippen LogP contribution in [0.25, 0.3) is 0 Å². The van der Waals surface area contributed by atoms with Gasteiger partial charge in [-0.2, -0.15) is 0 Å². The molecular formula is C13H20O2. The van der Waals surface area contributed by atoms with Gasteiger partial charge in [-0.05, 0) is 22.3 Å². The minimum atomic E-state index is -0.205. The predicted molar refractivity (Wildman–Crippen MR) is 59.0 cm³/mol. The average molecular weight is 208 g/mol. The first-order valence-electron chi connectivity index (χ1n) is 5.56. The van der Waals surface area contributed by atoms with Crippen molar-refractivity contribution in [3.8, 4) is 0 Å². The van der Waals surface area contributed by atoms with Crippen molar-refractivity contribution in [1.29, 1.82) is 0 Å². The lowest BCUT2D eigenvalue weighted by Crippen LogP contribution is -2.23. The van der Waals surface area contributed by atoms with Gasteiger partial charge in [0.05, 0.1) is 0 Å². The lowest BCUT2D eigenvalue weighted by Gasteiger charge is -2.30. The second-order valence-corrected chi connectivity index (χ2v) is 6.22. The Labute approximate surface area is 91.7 Å². The van der Waals surface area contributed by atoms with E-state index in [0.717, 1.165) is 5.76 Å². The fourth-order valence-corrected chi connectivity index (χ4v) is 3.67. The summed E-state index contributed by atoms with van der Waals surface area (Å²) < 4.78 is 5.32. The fraction of sp³-hybridized carbons (Fsp3) is 0.769. The summed E-state index contributed by atoms with van der Waals surface area (Å²) in [6, 6.07) is 0. The molecule has 15 heavy (non-hydrogen) atoms. The molecule has 1 saturated carbocycles. The van der Waals surface area contributed by atoms with E-state index < -0.39 is 0 Å². The molecule has 0 heterocycles. The summed E-state index contributed by atoms with van der Waals surface area (Å²) in [7, 11) is 0. The number of carbonyl (C=O) groups is 1. The smallest absolute Gasteiger partial charge is 0.307 e. The van der Waals surface area contributed by atoms with Crippen LogP contribution in [0.5, 0.6) is 0 Å². The molecule has 0 saturated heterocycles. The summed E-state index contributed by atoms with van der Waals surface area (Å²) in [5.41, 5.74) is 0.604. The van der Waals surface area contributed by atoms with E-state index in [9.17, 15) is 4.79 Å². The van der Waals surface area contributed by atoms with E-state index in [0.29, 0.717) is 5.92 Å². The molecule has 0 bridgehead atoms. The van der Waals surface area contributed by atoms with Gasteiger partial charge in [-0.15, -0.1) is 0 Å². The Morgan fingerprint density at radius 3 is 2.13 bits per heavy atom. The van der Waals surface area contributed by atoms with Gasteiger partial charge in [0.15, 0.2) is 0 Å². The second kappa shape index (κ2) is 2.47. The lowest BCUT2D eigenvalue weighted by atomic mass is 9.74. The summed E-state index contributed by atoms with van der Waals surface area (Å²) >= 11 is 0. The number of hydrogen-bond acceptors (Lipinski definition) is 2. The molecule has 2 rings (SSSR count). The van der Waals surface area contributed by atoms with Gasteiger partial charge in [-0.3, -0.25) is 4.79 Å². The minimum absolute atomic E-state index is 0.117. The molecule has 0 aromatic heterocycles. The van der Waals surface area contributed by atoms with Gasteiger partial charge in [0.25, 0.3) is 0 Å². The molecule has 1 fully saturated rings. The van der Waals surface area contributed by atoms with Gasteiger partial charge in [0.2, 0.25) is 0 Å². The highest BCUT2D eigenvalue weighted by Crippen LogP contribution is 2.81. The number of ether oxygens (including phenoxy) is 1. The van der Waals surface area contributed by atoms with Crippen LogP contribution in [0.2, 0.25) is 0 Å². The van der Waals surface area contributed by atoms with Crippen molar-refractivity contribution in [1.82, 2.24) is 0 Å². The maximum atomic E-state index is 11.0. The Morgan fingerprint density at radius 1 is 1.27 bits per heavy atom. The second-order valence-electron chi connectivity index (χ2n) is 6.22. The van der Waals surface area contributed by atoms with Gasteiger partial charge in [0, 0.05) is 12.8 Å². The number of fused-ring (bicyclic) bond motifs is 1. The molecule has 0 amide bonds. The van der Waals surface area contributed by atoms with Crippen molar-refractivity contribution in [3.63, 3.8) is 0 Å². The van der Waals surface area contributed by atoms with Gasteiger partial charge < -0.3 is 4.74 Å². The molecule has 2 aliphatic carbocycles. The third kappa shape index (κ3) is 1.03. The van der Waals surface area contributed by atoms with E-state index in [4.69, 9.17) is 4.74 Å². The molecule has 1 unspecified atom stereocenters. The molecule has 0 spiro atoms. The van der Waals surface area contributed by atoms with Crippen LogP contribution in [-0.4, -0.2) is 5.97 Å². The monoisotopic (exact) mass is 208 g/mol. The third-order valence-corrected chi connectivity index (χ3v) is 4.94. The Kier molecular flexibility index (Phi) is 1.77. The zero-order valence-corrected chi connectivity index (χ0v) is 10.5. The van der Waals surface area contributed by atoms with E-state index in [2.05, 4.69) is 40.7 Å². The number of esters is 1. The van der Waals surface area contributed by atoms with E-state index >= 15 is 0 Å². The van der Waals surface area contributed by atoms with Crippen molar-refractivity contribution < 1.29 is 9.53 Å². The van der Waals surface area contributed by atoms with Crippen LogP contribution in [-0.2, 0) is 9.53 Å². The van der Waals surface area contributed by atoms with E-state index in [1.165, 1.54) is 6.92 Å². The first kappa shape index (κ1) is 10.7. The van der Waals surface area contributed by atoms with Crippen molar-refractivity contribution in [2.45, 2.75) is 41.5 Å². The number of allylic oxidation sites excluding steroid dienone is 2. The predicted octanol–water partition coefficient (Wildman–Crippen LogP) is 3.14. The highest BCUT2D eigenvalue weighted by molar-refractivity contribution is 5.68. The average Bonchev–Trinajstić information content (AvgIpc) is 2.34. The maximum Gasteiger partial charge on any atom is 0.307 e. The largest absolute Gasteiger partial charge is 0.431 e. The van der Waals surface area contributed by atoms with Crippen LogP contribution >= 0.6 is 0 Å². The van der Waals surface area contributed by atoms with Gasteiger partial charge >= 0.3 is 5.97 Å². The molecule has 0 aliphatic heterocycles. The van der Waals surface area contributed by atoms with Gasteiger partial charge in [0.1, 0.15) is 5.76 Å². The van der Waals surface area contributed by atoms with E-state index in [-0.39, 0.29) is 22.2 Å². The third-order valence-electron chi connectivity index (χ3n) is 4.94. The van der Waals surface area contributed by atoms with Crippen LogP contribution < -0.4 is 0 Å². The summed E-state index contributed by atoms with van der Waals surface area (Å²) in [6.45, 7) is 12.7. The standard InChI is InChI=1S/C13H20O2/c1-8(14)15-9-7-11(2,3)13(6)10(9)12(13,4)5/h7,10H,1-6H3/t10?,13-/m1/s1. The molecule has 2 atom stereocenters. The molecule has 84 valence electrons. The number of carbonyl (C=O) groups excluding carboxylic acids is 1. The lowest BCUT2D eigenvalue weighted by molar-refractivity contribution is -0.137. The number of hydrogen-bond donors (Lipinski definition) is 0. The molecule has 2 nitrogen and oxygen atoms in total. The van der Waals surface area contributed by atoms with Gasteiger partial charge in [-0.1, -0.05) is 34.6 Å². The van der Waals surface area contributed by atoms with E-state index in [1.807, 2.05) is 0 Å². The Balaban J connectivity index is 2.36. The SMILES string of the molecule is CC(=O)OC1=CC(C)(C)[C@@]2(C)C1C2(C)C. The Hall–Kier alpha value is -0.790. The Bertz CT molecular complexity index is 363. The first-order valence-corrected chi connectivity index (χ1v) is 5.56. The topological polar surface area (TPSA) is 26.3 Å². The molecular weight excluding hydrogens is 188 g/mol. The summed E-state index contributed by atoms with van der Waals surface area (Å²) in [6.07, 6.45) is 2.13. The quantitative estimate of drug-likeness (QED) is 0.619. The molecule has 2 aliphatic rings. The van der Waals surface area contributed by atoms with Crippen LogP contribution in [0.4, 0.5) is 0 Å². The maximum absolute atomic E-state index is 11.0. The van der Waals surface area contributed by atoms with Crippen molar-refractivity contribution in [3.05, 3.63) is 11.8 Å². The molecule has 0 aromatic carbocycles. The molecule has 0 radical (unpaired) electrons. The first-order chi connectivity index (χ1) is 6.64. The molecule has 0 N–H and O–H groups in total. The van der Waals surface area contributed by atoms with Crippen LogP contribution in [0.15, 0.2) is 11.8 Å². The molecule has 2 heteroatoms. The minimum Gasteiger partial charge on any atom is -0.431 e. The fourth-order valence-electron chi connectivity index (χ4n) is 3.67. The highest BCUT2D eigenvalue weighted by atomic mass is 16.5. The van der Waals surface area contributed by atoms with Crippen molar-refractivity contribution in [2.75, 3.05) is 0 Å². The van der Waals surface area contributed by atoms with Crippen LogP contribution in [0, 0.1) is 22.2 Å². The number of rotatable bonds is 1. The zero-order chi connectivity index (χ0) is 11.6. The molecule has 0 aromatic rings. The summed E-state index contributed by atoms with van der Waals surface area (Å²) in [4.78, 5) is 11.0. The van der Waals surface area contributed by atoms with Crippen LogP contribution in [0.3, 0.4) is 0 Å². The summed E-state index contributed by atoms with van der Waals surface area (Å²) in [5.74, 6) is 1.09. The Morgan fingerprint density at radius 2 is 1.80 bits per heavy atom. The van der Waals surface area contributed by atoms with Crippen LogP contribution in [0.1, 0.15) is 41.5 Å². The van der Waals surface area contributed by atoms with Gasteiger partial charge in [-0.25, -0.2) is 0 Å². The van der Waals surface area contributed by atoms with Crippen molar-refractivity contribution in [2.24, 2.45) is 22.2 Å². The van der Waals surface area contributed by atoms with Crippen molar-refractivity contribution >= 4 is 5.97 Å². The summed E-state index contributed by atoms with van der Waals surface area (Å²) in [5, 5.41) is 0. The highest BCUT2D eigenvalue weighted by Gasteiger charge is 2.78. The van der Waals surface area contributed by atoms with E-state index in [1.54, 1.807) is 0 Å².